The Bertz CT molecular complexity index is 644. The van der Waals surface area contributed by atoms with Crippen LogP contribution in [0.15, 0.2) is 24.5 Å². The van der Waals surface area contributed by atoms with Gasteiger partial charge in [-0.2, -0.15) is 15.0 Å². The van der Waals surface area contributed by atoms with Crippen molar-refractivity contribution in [3.05, 3.63) is 41.2 Å². The van der Waals surface area contributed by atoms with Crippen LogP contribution in [0.2, 0.25) is 6.32 Å². The topological polar surface area (TPSA) is 97.5 Å². The number of aryl methyl sites for hydroxylation is 1. The number of aromatic carboxylic acids is 1. The van der Waals surface area contributed by atoms with Crippen LogP contribution in [0.1, 0.15) is 21.5 Å². The molecule has 8 heteroatoms. The number of benzene rings is 1. The molecule has 0 spiro atoms. The molecule has 0 unspecified atom stereocenters. The molecule has 2 heterocycles. The Morgan fingerprint density at radius 1 is 1.40 bits per heavy atom. The van der Waals surface area contributed by atoms with Crippen LogP contribution in [-0.4, -0.2) is 38.2 Å². The summed E-state index contributed by atoms with van der Waals surface area (Å²) >= 11 is 0. The van der Waals surface area contributed by atoms with Crippen molar-refractivity contribution in [1.29, 1.82) is 0 Å². The van der Waals surface area contributed by atoms with E-state index in [1.54, 1.807) is 6.07 Å². The lowest BCUT2D eigenvalue weighted by molar-refractivity contribution is 0.0693. The first-order chi connectivity index (χ1) is 9.65. The first-order valence-corrected chi connectivity index (χ1v) is 6.22. The highest BCUT2D eigenvalue weighted by Gasteiger charge is 2.29. The number of hydrogen-bond acceptors (Lipinski definition) is 5. The lowest BCUT2D eigenvalue weighted by atomic mass is 9.78. The zero-order valence-electron chi connectivity index (χ0n) is 10.6. The highest BCUT2D eigenvalue weighted by atomic mass is 16.5. The summed E-state index contributed by atoms with van der Waals surface area (Å²) in [5.41, 5.74) is 1.41. The molecule has 0 bridgehead atoms. The number of carboxylic acid groups (broad SMARTS) is 1. The van der Waals surface area contributed by atoms with Crippen LogP contribution in [0.25, 0.3) is 0 Å². The van der Waals surface area contributed by atoms with E-state index in [1.165, 1.54) is 17.2 Å². The third-order valence-electron chi connectivity index (χ3n) is 3.23. The Morgan fingerprint density at radius 3 is 2.85 bits per heavy atom. The Balaban J connectivity index is 2.06. The van der Waals surface area contributed by atoms with E-state index in [0.29, 0.717) is 18.3 Å². The molecule has 0 amide bonds. The van der Waals surface area contributed by atoms with Crippen molar-refractivity contribution >= 4 is 13.1 Å². The maximum absolute atomic E-state index is 11.5. The molecule has 102 valence electrons. The van der Waals surface area contributed by atoms with Crippen LogP contribution >= 0.6 is 0 Å². The Kier molecular flexibility index (Phi) is 3.15. The van der Waals surface area contributed by atoms with E-state index in [0.717, 1.165) is 5.56 Å². The zero-order valence-corrected chi connectivity index (χ0v) is 10.6. The third kappa shape index (κ3) is 2.25. The van der Waals surface area contributed by atoms with Crippen LogP contribution in [-0.2, 0) is 13.0 Å². The average molecular weight is 273 g/mol. The van der Waals surface area contributed by atoms with Crippen molar-refractivity contribution in [3.8, 4) is 5.75 Å². The predicted octanol–water partition coefficient (Wildman–Crippen LogP) is 0.440. The molecule has 0 saturated carbocycles. The Morgan fingerprint density at radius 2 is 2.15 bits per heavy atom. The first kappa shape index (κ1) is 12.7. The van der Waals surface area contributed by atoms with E-state index in [-0.39, 0.29) is 17.9 Å². The third-order valence-corrected chi connectivity index (χ3v) is 3.23. The molecule has 0 atom stereocenters. The largest absolute Gasteiger partial charge is 0.535 e. The smallest absolute Gasteiger partial charge is 0.522 e. The van der Waals surface area contributed by atoms with Crippen molar-refractivity contribution in [2.45, 2.75) is 19.3 Å². The number of rotatable bonds is 3. The predicted molar refractivity (Wildman–Crippen MR) is 69.6 cm³/mol. The van der Waals surface area contributed by atoms with E-state index in [1.807, 2.05) is 6.07 Å². The minimum atomic E-state index is -1.09. The second-order valence-corrected chi connectivity index (χ2v) is 4.56. The standard InChI is InChI=1S/C12H12BN3O4/c17-12(18)10-9(7-16-14-5-6-15-16)2-1-8-3-4-13(19)20-11(8)10/h1-2,5-6,19H,3-4,7H2,(H,17,18). The summed E-state index contributed by atoms with van der Waals surface area (Å²) in [7, 11) is -0.960. The van der Waals surface area contributed by atoms with Gasteiger partial charge in [0.25, 0.3) is 0 Å². The normalized spacial score (nSPS) is 13.8. The monoisotopic (exact) mass is 273 g/mol. The van der Waals surface area contributed by atoms with Gasteiger partial charge < -0.3 is 14.8 Å². The quantitative estimate of drug-likeness (QED) is 0.787. The molecule has 20 heavy (non-hydrogen) atoms. The SMILES string of the molecule is O=C(O)c1c(Cn2nccn2)ccc2c1OB(O)CC2. The summed E-state index contributed by atoms with van der Waals surface area (Å²) < 4.78 is 5.31. The van der Waals surface area contributed by atoms with E-state index in [9.17, 15) is 14.9 Å². The fourth-order valence-electron chi connectivity index (χ4n) is 2.32. The molecule has 1 aromatic carbocycles. The van der Waals surface area contributed by atoms with Crippen molar-refractivity contribution in [1.82, 2.24) is 15.0 Å². The molecule has 1 aliphatic heterocycles. The maximum atomic E-state index is 11.5. The van der Waals surface area contributed by atoms with Crippen molar-refractivity contribution in [2.75, 3.05) is 0 Å². The van der Waals surface area contributed by atoms with Gasteiger partial charge in [0.2, 0.25) is 0 Å². The summed E-state index contributed by atoms with van der Waals surface area (Å²) in [4.78, 5) is 12.9. The van der Waals surface area contributed by atoms with Gasteiger partial charge in [-0.3, -0.25) is 0 Å². The minimum Gasteiger partial charge on any atom is -0.535 e. The van der Waals surface area contributed by atoms with Gasteiger partial charge in [-0.1, -0.05) is 12.1 Å². The van der Waals surface area contributed by atoms with Crippen LogP contribution in [0.5, 0.6) is 5.75 Å². The molecule has 0 radical (unpaired) electrons. The summed E-state index contributed by atoms with van der Waals surface area (Å²) in [6.45, 7) is 0.237. The molecular weight excluding hydrogens is 261 g/mol. The lowest BCUT2D eigenvalue weighted by Crippen LogP contribution is -2.28. The van der Waals surface area contributed by atoms with Crippen molar-refractivity contribution in [2.24, 2.45) is 0 Å². The molecule has 3 rings (SSSR count). The molecular formula is C12H12BN3O4. The second kappa shape index (κ2) is 4.97. The van der Waals surface area contributed by atoms with Crippen molar-refractivity contribution < 1.29 is 19.6 Å². The van der Waals surface area contributed by atoms with Crippen LogP contribution in [0.4, 0.5) is 0 Å². The van der Waals surface area contributed by atoms with Gasteiger partial charge in [-0.05, 0) is 23.9 Å². The average Bonchev–Trinajstić information content (AvgIpc) is 2.90. The number of hydrogen-bond donors (Lipinski definition) is 2. The van der Waals surface area contributed by atoms with Gasteiger partial charge in [0, 0.05) is 0 Å². The van der Waals surface area contributed by atoms with Gasteiger partial charge in [-0.25, -0.2) is 4.79 Å². The van der Waals surface area contributed by atoms with Crippen molar-refractivity contribution in [3.63, 3.8) is 0 Å². The van der Waals surface area contributed by atoms with Crippen LogP contribution in [0, 0.1) is 0 Å². The first-order valence-electron chi connectivity index (χ1n) is 6.22. The lowest BCUT2D eigenvalue weighted by Gasteiger charge is -2.22. The molecule has 0 aliphatic carbocycles. The highest BCUT2D eigenvalue weighted by Crippen LogP contribution is 2.33. The molecule has 0 saturated heterocycles. The van der Waals surface area contributed by atoms with E-state index in [4.69, 9.17) is 4.65 Å². The number of aromatic nitrogens is 3. The van der Waals surface area contributed by atoms with Crippen LogP contribution < -0.4 is 4.65 Å². The summed E-state index contributed by atoms with van der Waals surface area (Å²) in [5, 5.41) is 26.9. The van der Waals surface area contributed by atoms with E-state index < -0.39 is 13.1 Å². The van der Waals surface area contributed by atoms with Gasteiger partial charge in [0.05, 0.1) is 18.9 Å². The second-order valence-electron chi connectivity index (χ2n) is 4.56. The van der Waals surface area contributed by atoms with Crippen LogP contribution in [0.3, 0.4) is 0 Å². The Hall–Kier alpha value is -2.35. The number of nitrogens with zero attached hydrogens (tertiary/aromatic N) is 3. The Labute approximate surface area is 114 Å². The molecule has 7 nitrogen and oxygen atoms in total. The summed E-state index contributed by atoms with van der Waals surface area (Å²) in [5.74, 6) is -0.834. The maximum Gasteiger partial charge on any atom is 0.522 e. The van der Waals surface area contributed by atoms with Gasteiger partial charge in [0.15, 0.2) is 0 Å². The fraction of sp³-hybridized carbons (Fsp3) is 0.250. The van der Waals surface area contributed by atoms with Gasteiger partial charge in [0.1, 0.15) is 11.3 Å². The summed E-state index contributed by atoms with van der Waals surface area (Å²) in [6.07, 6.45) is 4.11. The minimum absolute atomic E-state index is 0.0681. The van der Waals surface area contributed by atoms with E-state index in [2.05, 4.69) is 10.2 Å². The fourth-order valence-corrected chi connectivity index (χ4v) is 2.32. The molecule has 2 aromatic rings. The van der Waals surface area contributed by atoms with Gasteiger partial charge >= 0.3 is 13.1 Å². The highest BCUT2D eigenvalue weighted by molar-refractivity contribution is 6.44. The molecule has 1 aromatic heterocycles. The summed E-state index contributed by atoms with van der Waals surface area (Å²) in [6, 6.07) is 3.57. The van der Waals surface area contributed by atoms with E-state index >= 15 is 0 Å². The molecule has 1 aliphatic rings. The number of carbonyl (C=O) groups is 1. The number of fused-ring (bicyclic) bond motifs is 1. The molecule has 0 fully saturated rings. The molecule has 2 N–H and O–H groups in total. The number of carboxylic acids is 1. The zero-order chi connectivity index (χ0) is 14.1. The van der Waals surface area contributed by atoms with Gasteiger partial charge in [-0.15, -0.1) is 0 Å².